The highest BCUT2D eigenvalue weighted by Crippen LogP contribution is 2.29. The molecule has 0 aliphatic carbocycles. The Labute approximate surface area is 109 Å². The topological polar surface area (TPSA) is 21.3 Å². The van der Waals surface area contributed by atoms with Crippen molar-refractivity contribution in [3.63, 3.8) is 0 Å². The van der Waals surface area contributed by atoms with Crippen LogP contribution in [0.2, 0.25) is 0 Å². The van der Waals surface area contributed by atoms with Crippen LogP contribution in [0.5, 0.6) is 0 Å². The molecule has 100 valence electrons. The molecule has 1 aliphatic heterocycles. The summed E-state index contributed by atoms with van der Waals surface area (Å²) >= 11 is 0. The number of halogens is 1. The van der Waals surface area contributed by atoms with Crippen LogP contribution in [-0.2, 0) is 4.74 Å². The molecule has 2 atom stereocenters. The standard InChI is InChI=1S/C15H22FNO/c1-3-7-17-13-6-8-18-15(10-13)12-4-5-14(16)11(2)9-12/h4-5,9,13,15,17H,3,6-8,10H2,1-2H3. The summed E-state index contributed by atoms with van der Waals surface area (Å²) in [5.41, 5.74) is 1.79. The first-order chi connectivity index (χ1) is 8.70. The molecule has 0 spiro atoms. The Hall–Kier alpha value is -0.930. The maximum atomic E-state index is 13.3. The SMILES string of the molecule is CCCNC1CCOC(c2ccc(F)c(C)c2)C1. The van der Waals surface area contributed by atoms with Crippen LogP contribution in [0.15, 0.2) is 18.2 Å². The summed E-state index contributed by atoms with van der Waals surface area (Å²) in [6.45, 7) is 5.81. The number of benzene rings is 1. The third-order valence-electron chi connectivity index (χ3n) is 3.52. The average Bonchev–Trinajstić information content (AvgIpc) is 2.40. The Morgan fingerprint density at radius 3 is 3.00 bits per heavy atom. The Morgan fingerprint density at radius 1 is 1.44 bits per heavy atom. The lowest BCUT2D eigenvalue weighted by Crippen LogP contribution is -2.36. The highest BCUT2D eigenvalue weighted by Gasteiger charge is 2.23. The van der Waals surface area contributed by atoms with Crippen molar-refractivity contribution in [3.05, 3.63) is 35.1 Å². The molecule has 2 nitrogen and oxygen atoms in total. The second-order valence-electron chi connectivity index (χ2n) is 5.04. The van der Waals surface area contributed by atoms with Crippen LogP contribution in [0.25, 0.3) is 0 Å². The van der Waals surface area contributed by atoms with E-state index in [9.17, 15) is 4.39 Å². The minimum Gasteiger partial charge on any atom is -0.373 e. The Balaban J connectivity index is 2.01. The van der Waals surface area contributed by atoms with Crippen molar-refractivity contribution < 1.29 is 9.13 Å². The van der Waals surface area contributed by atoms with Gasteiger partial charge in [0.1, 0.15) is 5.82 Å². The molecule has 0 radical (unpaired) electrons. The maximum Gasteiger partial charge on any atom is 0.126 e. The molecular formula is C15H22FNO. The van der Waals surface area contributed by atoms with Crippen molar-refractivity contribution in [3.8, 4) is 0 Å². The largest absolute Gasteiger partial charge is 0.373 e. The van der Waals surface area contributed by atoms with Gasteiger partial charge in [0.05, 0.1) is 6.10 Å². The van der Waals surface area contributed by atoms with E-state index >= 15 is 0 Å². The van der Waals surface area contributed by atoms with Gasteiger partial charge in [-0.15, -0.1) is 0 Å². The molecule has 1 fully saturated rings. The third kappa shape index (κ3) is 3.30. The first-order valence-corrected chi connectivity index (χ1v) is 6.81. The van der Waals surface area contributed by atoms with Crippen LogP contribution in [0.4, 0.5) is 4.39 Å². The van der Waals surface area contributed by atoms with E-state index in [0.717, 1.165) is 38.0 Å². The fourth-order valence-corrected chi connectivity index (χ4v) is 2.43. The van der Waals surface area contributed by atoms with Gasteiger partial charge >= 0.3 is 0 Å². The minimum atomic E-state index is -0.143. The first-order valence-electron chi connectivity index (χ1n) is 6.81. The first kappa shape index (κ1) is 13.5. The molecular weight excluding hydrogens is 229 g/mol. The second kappa shape index (κ2) is 6.30. The summed E-state index contributed by atoms with van der Waals surface area (Å²) in [6, 6.07) is 5.81. The maximum absolute atomic E-state index is 13.3. The summed E-state index contributed by atoms with van der Waals surface area (Å²) in [5, 5.41) is 3.54. The molecule has 0 bridgehead atoms. The number of hydrogen-bond donors (Lipinski definition) is 1. The third-order valence-corrected chi connectivity index (χ3v) is 3.52. The van der Waals surface area contributed by atoms with Crippen LogP contribution >= 0.6 is 0 Å². The van der Waals surface area contributed by atoms with Crippen molar-refractivity contribution in [1.29, 1.82) is 0 Å². The highest BCUT2D eigenvalue weighted by molar-refractivity contribution is 5.26. The van der Waals surface area contributed by atoms with E-state index in [0.29, 0.717) is 11.6 Å². The lowest BCUT2D eigenvalue weighted by molar-refractivity contribution is 0.000293. The summed E-state index contributed by atoms with van der Waals surface area (Å²) in [6.07, 6.45) is 3.30. The fraction of sp³-hybridized carbons (Fsp3) is 0.600. The fourth-order valence-electron chi connectivity index (χ4n) is 2.43. The molecule has 1 heterocycles. The van der Waals surface area contributed by atoms with Gasteiger partial charge in [0.2, 0.25) is 0 Å². The summed E-state index contributed by atoms with van der Waals surface area (Å²) in [4.78, 5) is 0. The molecule has 1 aromatic rings. The minimum absolute atomic E-state index is 0.104. The second-order valence-corrected chi connectivity index (χ2v) is 5.04. The Morgan fingerprint density at radius 2 is 2.28 bits per heavy atom. The molecule has 1 aromatic carbocycles. The number of ether oxygens (including phenoxy) is 1. The molecule has 1 N–H and O–H groups in total. The normalized spacial score (nSPS) is 24.2. The number of aryl methyl sites for hydroxylation is 1. The van der Waals surface area contributed by atoms with Gasteiger partial charge in [0.25, 0.3) is 0 Å². The van der Waals surface area contributed by atoms with Gasteiger partial charge in [0, 0.05) is 12.6 Å². The van der Waals surface area contributed by atoms with Crippen LogP contribution < -0.4 is 5.32 Å². The predicted octanol–water partition coefficient (Wildman–Crippen LogP) is 3.35. The number of hydrogen-bond acceptors (Lipinski definition) is 2. The predicted molar refractivity (Wildman–Crippen MR) is 71.1 cm³/mol. The van der Waals surface area contributed by atoms with Gasteiger partial charge in [0.15, 0.2) is 0 Å². The van der Waals surface area contributed by atoms with E-state index in [1.807, 2.05) is 12.1 Å². The number of rotatable bonds is 4. The molecule has 2 unspecified atom stereocenters. The van der Waals surface area contributed by atoms with Gasteiger partial charge < -0.3 is 10.1 Å². The average molecular weight is 251 g/mol. The van der Waals surface area contributed by atoms with Gasteiger partial charge in [-0.3, -0.25) is 0 Å². The highest BCUT2D eigenvalue weighted by atomic mass is 19.1. The zero-order valence-corrected chi connectivity index (χ0v) is 11.2. The van der Waals surface area contributed by atoms with Gasteiger partial charge in [-0.05, 0) is 49.9 Å². The molecule has 1 aliphatic rings. The molecule has 3 heteroatoms. The van der Waals surface area contributed by atoms with E-state index in [-0.39, 0.29) is 11.9 Å². The summed E-state index contributed by atoms with van der Waals surface area (Å²) < 4.78 is 19.1. The lowest BCUT2D eigenvalue weighted by Gasteiger charge is -2.30. The zero-order valence-electron chi connectivity index (χ0n) is 11.2. The Bertz CT molecular complexity index is 394. The molecule has 1 saturated heterocycles. The smallest absolute Gasteiger partial charge is 0.126 e. The van der Waals surface area contributed by atoms with Crippen LogP contribution in [-0.4, -0.2) is 19.2 Å². The molecule has 2 rings (SSSR count). The zero-order chi connectivity index (χ0) is 13.0. The summed E-state index contributed by atoms with van der Waals surface area (Å²) in [5.74, 6) is -0.143. The quantitative estimate of drug-likeness (QED) is 0.886. The van der Waals surface area contributed by atoms with Crippen molar-refractivity contribution >= 4 is 0 Å². The molecule has 0 saturated carbocycles. The van der Waals surface area contributed by atoms with Crippen LogP contribution in [0.3, 0.4) is 0 Å². The van der Waals surface area contributed by atoms with E-state index in [1.165, 1.54) is 6.07 Å². The van der Waals surface area contributed by atoms with Crippen molar-refractivity contribution in [2.75, 3.05) is 13.2 Å². The Kier molecular flexibility index (Phi) is 4.72. The summed E-state index contributed by atoms with van der Waals surface area (Å²) in [7, 11) is 0. The van der Waals surface area contributed by atoms with E-state index in [4.69, 9.17) is 4.74 Å². The van der Waals surface area contributed by atoms with Gasteiger partial charge in [-0.25, -0.2) is 4.39 Å². The molecule has 0 amide bonds. The van der Waals surface area contributed by atoms with Gasteiger partial charge in [-0.2, -0.15) is 0 Å². The monoisotopic (exact) mass is 251 g/mol. The molecule has 0 aromatic heterocycles. The lowest BCUT2D eigenvalue weighted by atomic mass is 9.96. The van der Waals surface area contributed by atoms with Crippen LogP contribution in [0, 0.1) is 12.7 Å². The van der Waals surface area contributed by atoms with Gasteiger partial charge in [-0.1, -0.05) is 19.1 Å². The van der Waals surface area contributed by atoms with Crippen molar-refractivity contribution in [1.82, 2.24) is 5.32 Å². The van der Waals surface area contributed by atoms with Crippen LogP contribution in [0.1, 0.15) is 43.4 Å². The van der Waals surface area contributed by atoms with E-state index in [1.54, 1.807) is 6.92 Å². The van der Waals surface area contributed by atoms with Crippen molar-refractivity contribution in [2.24, 2.45) is 0 Å². The number of nitrogens with one attached hydrogen (secondary N) is 1. The van der Waals surface area contributed by atoms with E-state index in [2.05, 4.69) is 12.2 Å². The van der Waals surface area contributed by atoms with E-state index < -0.39 is 0 Å². The van der Waals surface area contributed by atoms with Crippen molar-refractivity contribution in [2.45, 2.75) is 45.3 Å². The molecule has 18 heavy (non-hydrogen) atoms.